The molecular formula is C12H6Cl2F4N2. The molecule has 0 amide bonds. The highest BCUT2D eigenvalue weighted by molar-refractivity contribution is 6.37. The van der Waals surface area contributed by atoms with Crippen LogP contribution in [-0.2, 0) is 6.42 Å². The Morgan fingerprint density at radius 1 is 1.00 bits per heavy atom. The average molecular weight is 325 g/mol. The summed E-state index contributed by atoms with van der Waals surface area (Å²) in [5.74, 6) is -1.18. The maximum atomic E-state index is 13.7. The molecule has 0 spiro atoms. The van der Waals surface area contributed by atoms with Gasteiger partial charge in [-0.25, -0.2) is 14.4 Å². The minimum Gasteiger partial charge on any atom is -0.220 e. The van der Waals surface area contributed by atoms with Gasteiger partial charge in [-0.15, -0.1) is 0 Å². The van der Waals surface area contributed by atoms with Crippen molar-refractivity contribution in [2.75, 3.05) is 0 Å². The maximum absolute atomic E-state index is 13.7. The van der Waals surface area contributed by atoms with Gasteiger partial charge in [0.25, 0.3) is 0 Å². The highest BCUT2D eigenvalue weighted by Gasteiger charge is 2.30. The van der Waals surface area contributed by atoms with Crippen LogP contribution in [0.15, 0.2) is 24.3 Å². The maximum Gasteiger partial charge on any atom is 0.396 e. The third-order valence-corrected chi connectivity index (χ3v) is 2.92. The first-order valence-electron chi connectivity index (χ1n) is 5.31. The van der Waals surface area contributed by atoms with Crippen LogP contribution in [-0.4, -0.2) is 16.1 Å². The third kappa shape index (κ3) is 3.37. The summed E-state index contributed by atoms with van der Waals surface area (Å²) in [6.45, 7) is 0. The van der Waals surface area contributed by atoms with E-state index < -0.39 is 24.2 Å². The number of hydrogen-bond acceptors (Lipinski definition) is 2. The lowest BCUT2D eigenvalue weighted by atomic mass is 10.1. The van der Waals surface area contributed by atoms with E-state index in [0.29, 0.717) is 0 Å². The first kappa shape index (κ1) is 15.0. The van der Waals surface area contributed by atoms with E-state index in [0.717, 1.165) is 0 Å². The molecule has 1 heterocycles. The van der Waals surface area contributed by atoms with Gasteiger partial charge in [-0.1, -0.05) is 41.4 Å². The number of nitrogens with zero attached hydrogens (tertiary/aromatic N) is 2. The lowest BCUT2D eigenvalue weighted by Crippen LogP contribution is -2.14. The fourth-order valence-electron chi connectivity index (χ4n) is 1.59. The number of alkyl halides is 3. The first-order chi connectivity index (χ1) is 9.28. The average Bonchev–Trinajstić information content (AvgIpc) is 2.28. The topological polar surface area (TPSA) is 25.8 Å². The van der Waals surface area contributed by atoms with Crippen molar-refractivity contribution in [3.05, 3.63) is 46.2 Å². The Kier molecular flexibility index (Phi) is 4.15. The minimum atomic E-state index is -4.48. The second-order valence-corrected chi connectivity index (χ2v) is 4.58. The summed E-state index contributed by atoms with van der Waals surface area (Å²) < 4.78 is 50.5. The van der Waals surface area contributed by atoms with E-state index in [-0.39, 0.29) is 21.4 Å². The fraction of sp³-hybridized carbons (Fsp3) is 0.167. The summed E-state index contributed by atoms with van der Waals surface area (Å²) in [5, 5.41) is -0.649. The molecule has 106 valence electrons. The predicted molar refractivity (Wildman–Crippen MR) is 67.2 cm³/mol. The van der Waals surface area contributed by atoms with Crippen LogP contribution < -0.4 is 0 Å². The molecule has 0 bridgehead atoms. The Hall–Kier alpha value is -1.40. The molecule has 1 aromatic heterocycles. The second kappa shape index (κ2) is 5.54. The molecule has 0 radical (unpaired) electrons. The lowest BCUT2D eigenvalue weighted by molar-refractivity contribution is -0.128. The first-order valence-corrected chi connectivity index (χ1v) is 6.07. The summed E-state index contributed by atoms with van der Waals surface area (Å²) in [6.07, 6.45) is -5.84. The summed E-state index contributed by atoms with van der Waals surface area (Å²) in [6, 6.07) is 5.55. The molecule has 2 aromatic rings. The van der Waals surface area contributed by atoms with E-state index in [1.165, 1.54) is 24.3 Å². The molecular weight excluding hydrogens is 319 g/mol. The van der Waals surface area contributed by atoms with Gasteiger partial charge in [0.05, 0.1) is 5.56 Å². The normalized spacial score (nSPS) is 11.7. The van der Waals surface area contributed by atoms with Crippen molar-refractivity contribution in [2.24, 2.45) is 0 Å². The summed E-state index contributed by atoms with van der Waals surface area (Å²) in [7, 11) is 0. The van der Waals surface area contributed by atoms with Gasteiger partial charge in [-0.2, -0.15) is 13.2 Å². The molecule has 0 fully saturated rings. The van der Waals surface area contributed by atoms with Gasteiger partial charge in [0, 0.05) is 5.56 Å². The number of halogens is 6. The van der Waals surface area contributed by atoms with E-state index in [9.17, 15) is 17.6 Å². The van der Waals surface area contributed by atoms with Crippen LogP contribution >= 0.6 is 23.2 Å². The van der Waals surface area contributed by atoms with Crippen LogP contribution in [0.5, 0.6) is 0 Å². The predicted octanol–water partition coefficient (Wildman–Crippen LogP) is 4.69. The third-order valence-electron chi connectivity index (χ3n) is 2.37. The van der Waals surface area contributed by atoms with Crippen molar-refractivity contribution < 1.29 is 17.6 Å². The molecule has 20 heavy (non-hydrogen) atoms. The molecule has 0 aliphatic heterocycles. The van der Waals surface area contributed by atoms with Gasteiger partial charge >= 0.3 is 6.18 Å². The van der Waals surface area contributed by atoms with Crippen molar-refractivity contribution in [3.8, 4) is 11.1 Å². The molecule has 0 saturated heterocycles. The molecule has 0 saturated carbocycles. The smallest absolute Gasteiger partial charge is 0.220 e. The van der Waals surface area contributed by atoms with E-state index >= 15 is 0 Å². The Morgan fingerprint density at radius 3 is 2.05 bits per heavy atom. The van der Waals surface area contributed by atoms with Crippen LogP contribution in [0, 0.1) is 5.82 Å². The van der Waals surface area contributed by atoms with E-state index in [4.69, 9.17) is 23.2 Å². The van der Waals surface area contributed by atoms with Crippen LogP contribution in [0.4, 0.5) is 17.6 Å². The van der Waals surface area contributed by atoms with E-state index in [1.807, 2.05) is 0 Å². The molecule has 0 N–H and O–H groups in total. The van der Waals surface area contributed by atoms with Gasteiger partial charge in [0.1, 0.15) is 28.4 Å². The Balaban J connectivity index is 2.50. The molecule has 0 unspecified atom stereocenters. The summed E-state index contributed by atoms with van der Waals surface area (Å²) in [5.41, 5.74) is -0.00147. The number of aromatic nitrogens is 2. The minimum absolute atomic E-state index is 0.0288. The summed E-state index contributed by atoms with van der Waals surface area (Å²) >= 11 is 11.6. The molecule has 1 aromatic carbocycles. The van der Waals surface area contributed by atoms with Crippen LogP contribution in [0.1, 0.15) is 5.82 Å². The highest BCUT2D eigenvalue weighted by Crippen LogP contribution is 2.34. The van der Waals surface area contributed by atoms with Crippen molar-refractivity contribution in [3.63, 3.8) is 0 Å². The lowest BCUT2D eigenvalue weighted by Gasteiger charge is -2.10. The molecule has 0 aliphatic rings. The number of rotatable bonds is 2. The zero-order valence-corrected chi connectivity index (χ0v) is 11.2. The number of benzene rings is 1. The fourth-order valence-corrected chi connectivity index (χ4v) is 2.22. The van der Waals surface area contributed by atoms with E-state index in [1.54, 1.807) is 0 Å². The zero-order chi connectivity index (χ0) is 14.9. The van der Waals surface area contributed by atoms with Crippen LogP contribution in [0.25, 0.3) is 11.1 Å². The van der Waals surface area contributed by atoms with Crippen molar-refractivity contribution in [1.29, 1.82) is 0 Å². The van der Waals surface area contributed by atoms with Gasteiger partial charge in [-0.05, 0) is 6.07 Å². The highest BCUT2D eigenvalue weighted by atomic mass is 35.5. The Morgan fingerprint density at radius 2 is 1.55 bits per heavy atom. The number of hydrogen-bond donors (Lipinski definition) is 0. The zero-order valence-electron chi connectivity index (χ0n) is 9.68. The molecule has 0 atom stereocenters. The molecule has 2 rings (SSSR count). The van der Waals surface area contributed by atoms with Gasteiger partial charge in [-0.3, -0.25) is 0 Å². The van der Waals surface area contributed by atoms with E-state index in [2.05, 4.69) is 9.97 Å². The van der Waals surface area contributed by atoms with Gasteiger partial charge < -0.3 is 0 Å². The monoisotopic (exact) mass is 324 g/mol. The Bertz CT molecular complexity index is 621. The summed E-state index contributed by atoms with van der Waals surface area (Å²) in [4.78, 5) is 7.04. The molecule has 8 heteroatoms. The van der Waals surface area contributed by atoms with Gasteiger partial charge in [0.2, 0.25) is 0 Å². The largest absolute Gasteiger partial charge is 0.396 e. The van der Waals surface area contributed by atoms with Crippen molar-refractivity contribution >= 4 is 23.2 Å². The Labute approximate surface area is 121 Å². The second-order valence-electron chi connectivity index (χ2n) is 3.87. The van der Waals surface area contributed by atoms with Crippen LogP contribution in [0.3, 0.4) is 0 Å². The molecule has 0 aliphatic carbocycles. The van der Waals surface area contributed by atoms with Crippen molar-refractivity contribution in [1.82, 2.24) is 9.97 Å². The van der Waals surface area contributed by atoms with Crippen LogP contribution in [0.2, 0.25) is 10.3 Å². The van der Waals surface area contributed by atoms with Gasteiger partial charge in [0.15, 0.2) is 0 Å². The molecule has 2 nitrogen and oxygen atoms in total. The SMILES string of the molecule is Fc1ccccc1-c1c(Cl)nc(CC(F)(F)F)nc1Cl. The quantitative estimate of drug-likeness (QED) is 0.591. The standard InChI is InChI=1S/C12H6Cl2F4N2/c13-10-9(6-3-1-2-4-7(6)15)11(14)20-8(19-10)5-12(16,17)18/h1-4H,5H2. The van der Waals surface area contributed by atoms with Crippen molar-refractivity contribution in [2.45, 2.75) is 12.6 Å².